The van der Waals surface area contributed by atoms with Gasteiger partial charge in [0.05, 0.1) is 19.8 Å². The molecule has 1 fully saturated rings. The van der Waals surface area contributed by atoms with Crippen molar-refractivity contribution in [1.82, 2.24) is 4.90 Å². The van der Waals surface area contributed by atoms with Gasteiger partial charge in [-0.1, -0.05) is 13.5 Å². The Balaban J connectivity index is 0.000000302. The van der Waals surface area contributed by atoms with Gasteiger partial charge in [-0.15, -0.1) is 0 Å². The molecule has 5 heteroatoms. The van der Waals surface area contributed by atoms with E-state index in [-0.39, 0.29) is 25.7 Å². The Labute approximate surface area is 102 Å². The van der Waals surface area contributed by atoms with Crippen LogP contribution in [0.25, 0.3) is 0 Å². The average molecular weight is 245 g/mol. The monoisotopic (exact) mass is 245 g/mol. The minimum Gasteiger partial charge on any atom is -0.396 e. The summed E-state index contributed by atoms with van der Waals surface area (Å²) < 4.78 is 0. The first-order chi connectivity index (χ1) is 8.09. The van der Waals surface area contributed by atoms with Crippen molar-refractivity contribution in [2.75, 3.05) is 26.4 Å². The zero-order valence-electron chi connectivity index (χ0n) is 10.4. The highest BCUT2D eigenvalue weighted by Crippen LogP contribution is 2.18. The molecule has 1 amide bonds. The van der Waals surface area contributed by atoms with E-state index in [9.17, 15) is 4.79 Å². The number of hydrogen-bond acceptors (Lipinski definition) is 4. The molecule has 3 N–H and O–H groups in total. The van der Waals surface area contributed by atoms with Gasteiger partial charge in [-0.05, 0) is 19.0 Å². The Hall–Kier alpha value is -0.910. The second-order valence-corrected chi connectivity index (χ2v) is 4.20. The van der Waals surface area contributed by atoms with Crippen molar-refractivity contribution in [3.63, 3.8) is 0 Å². The van der Waals surface area contributed by atoms with E-state index in [4.69, 9.17) is 15.3 Å². The quantitative estimate of drug-likeness (QED) is 0.642. The fraction of sp³-hybridized carbons (Fsp3) is 0.750. The topological polar surface area (TPSA) is 81.0 Å². The van der Waals surface area contributed by atoms with Gasteiger partial charge >= 0.3 is 0 Å². The van der Waals surface area contributed by atoms with Gasteiger partial charge in [0, 0.05) is 18.4 Å². The van der Waals surface area contributed by atoms with Crippen LogP contribution in [0, 0.1) is 5.41 Å². The highest BCUT2D eigenvalue weighted by molar-refractivity contribution is 5.78. The Kier molecular flexibility index (Phi) is 7.78. The van der Waals surface area contributed by atoms with Gasteiger partial charge in [0.25, 0.3) is 0 Å². The normalized spacial score (nSPS) is 15.5. The maximum atomic E-state index is 10.7. The number of hydrogen-bond donors (Lipinski definition) is 3. The maximum absolute atomic E-state index is 10.7. The van der Waals surface area contributed by atoms with Crippen LogP contribution >= 0.6 is 0 Å². The predicted octanol–water partition coefficient (Wildman–Crippen LogP) is 0.112. The molecule has 0 aromatic carbocycles. The van der Waals surface area contributed by atoms with Crippen LogP contribution in [-0.4, -0.2) is 52.5 Å². The minimum atomic E-state index is -0.667. The third-order valence-electron chi connectivity index (χ3n) is 3.09. The summed E-state index contributed by atoms with van der Waals surface area (Å²) in [5, 5.41) is 26.0. The summed E-state index contributed by atoms with van der Waals surface area (Å²) in [6, 6.07) is 0. The molecule has 5 nitrogen and oxygen atoms in total. The second kappa shape index (κ2) is 8.22. The van der Waals surface area contributed by atoms with Gasteiger partial charge in [-0.2, -0.15) is 0 Å². The molecule has 1 aliphatic rings. The van der Waals surface area contributed by atoms with Gasteiger partial charge in [-0.3, -0.25) is 4.79 Å². The van der Waals surface area contributed by atoms with Crippen LogP contribution in [0.5, 0.6) is 0 Å². The first kappa shape index (κ1) is 16.1. The molecule has 1 aliphatic heterocycles. The smallest absolute Gasteiger partial charge is 0.226 e. The molecule has 1 rings (SSSR count). The van der Waals surface area contributed by atoms with E-state index in [1.165, 1.54) is 0 Å². The molecule has 0 radical (unpaired) electrons. The summed E-state index contributed by atoms with van der Waals surface area (Å²) in [4.78, 5) is 12.3. The van der Waals surface area contributed by atoms with Crippen LogP contribution in [0.4, 0.5) is 0 Å². The van der Waals surface area contributed by atoms with Crippen molar-refractivity contribution in [3.05, 3.63) is 12.8 Å². The third-order valence-corrected chi connectivity index (χ3v) is 3.09. The lowest BCUT2D eigenvalue weighted by atomic mass is 9.88. The highest BCUT2D eigenvalue weighted by atomic mass is 16.3. The third kappa shape index (κ3) is 4.85. The molecule has 0 spiro atoms. The lowest BCUT2D eigenvalue weighted by Crippen LogP contribution is -2.32. The average Bonchev–Trinajstić information content (AvgIpc) is 2.79. The predicted molar refractivity (Wildman–Crippen MR) is 65.1 cm³/mol. The summed E-state index contributed by atoms with van der Waals surface area (Å²) in [6.07, 6.45) is 3.88. The lowest BCUT2D eigenvalue weighted by molar-refractivity contribution is -0.125. The zero-order chi connectivity index (χ0) is 13.3. The van der Waals surface area contributed by atoms with Crippen molar-refractivity contribution in [2.45, 2.75) is 26.2 Å². The van der Waals surface area contributed by atoms with E-state index in [0.717, 1.165) is 13.0 Å². The number of likely N-dealkylation sites (tertiary alicyclic amines) is 1. The maximum Gasteiger partial charge on any atom is 0.226 e. The molecule has 0 aromatic rings. The molecule has 0 atom stereocenters. The molecular formula is C12H23NO4. The zero-order valence-corrected chi connectivity index (χ0v) is 10.4. The van der Waals surface area contributed by atoms with Crippen LogP contribution in [0.1, 0.15) is 26.2 Å². The Morgan fingerprint density at radius 1 is 1.35 bits per heavy atom. The van der Waals surface area contributed by atoms with E-state index >= 15 is 0 Å². The first-order valence-electron chi connectivity index (χ1n) is 5.83. The largest absolute Gasteiger partial charge is 0.396 e. The second-order valence-electron chi connectivity index (χ2n) is 4.20. The van der Waals surface area contributed by atoms with E-state index in [2.05, 4.69) is 6.58 Å². The number of amides is 1. The molecule has 0 unspecified atom stereocenters. The van der Waals surface area contributed by atoms with Gasteiger partial charge in [0.2, 0.25) is 5.91 Å². The standard InChI is InChI=1S/C6H9NO.C6H14O3/c1-2-7-5-3-4-6(7)8;1-2-6(3-7,4-8)5-9/h2H,1,3-5H2;7-9H,2-5H2,1H3. The Morgan fingerprint density at radius 2 is 1.88 bits per heavy atom. The van der Waals surface area contributed by atoms with Gasteiger partial charge in [-0.25, -0.2) is 0 Å². The van der Waals surface area contributed by atoms with Gasteiger partial charge in [0.15, 0.2) is 0 Å². The van der Waals surface area contributed by atoms with E-state index in [0.29, 0.717) is 12.8 Å². The number of rotatable bonds is 5. The molecule has 0 aromatic heterocycles. The highest BCUT2D eigenvalue weighted by Gasteiger charge is 2.24. The molecule has 0 aliphatic carbocycles. The molecule has 1 heterocycles. The lowest BCUT2D eigenvalue weighted by Gasteiger charge is -2.24. The number of aliphatic hydroxyl groups is 3. The summed E-state index contributed by atoms with van der Waals surface area (Å²) in [7, 11) is 0. The molecular weight excluding hydrogens is 222 g/mol. The van der Waals surface area contributed by atoms with Crippen molar-refractivity contribution in [2.24, 2.45) is 5.41 Å². The van der Waals surface area contributed by atoms with Gasteiger partial charge in [0.1, 0.15) is 0 Å². The van der Waals surface area contributed by atoms with Crippen LogP contribution in [-0.2, 0) is 4.79 Å². The van der Waals surface area contributed by atoms with Crippen LogP contribution < -0.4 is 0 Å². The summed E-state index contributed by atoms with van der Waals surface area (Å²) in [5.41, 5.74) is -0.667. The van der Waals surface area contributed by atoms with E-state index < -0.39 is 5.41 Å². The Morgan fingerprint density at radius 3 is 2.00 bits per heavy atom. The molecule has 1 saturated heterocycles. The van der Waals surface area contributed by atoms with Crippen LogP contribution in [0.15, 0.2) is 12.8 Å². The SMILES string of the molecule is C=CN1CCCC1=O.CCC(CO)(CO)CO. The van der Waals surface area contributed by atoms with Crippen LogP contribution in [0.3, 0.4) is 0 Å². The van der Waals surface area contributed by atoms with Crippen molar-refractivity contribution < 1.29 is 20.1 Å². The number of carbonyl (C=O) groups is 1. The Bertz CT molecular complexity index is 221. The van der Waals surface area contributed by atoms with E-state index in [1.807, 2.05) is 6.92 Å². The van der Waals surface area contributed by atoms with E-state index in [1.54, 1.807) is 11.1 Å². The number of aliphatic hydroxyl groups excluding tert-OH is 3. The molecule has 0 saturated carbocycles. The fourth-order valence-corrected chi connectivity index (χ4v) is 1.35. The van der Waals surface area contributed by atoms with Crippen molar-refractivity contribution in [3.8, 4) is 0 Å². The number of carbonyl (C=O) groups excluding carboxylic acids is 1. The van der Waals surface area contributed by atoms with Crippen molar-refractivity contribution >= 4 is 5.91 Å². The molecule has 100 valence electrons. The molecule has 17 heavy (non-hydrogen) atoms. The van der Waals surface area contributed by atoms with Crippen LogP contribution in [0.2, 0.25) is 0 Å². The fourth-order valence-electron chi connectivity index (χ4n) is 1.35. The number of nitrogens with zero attached hydrogens (tertiary/aromatic N) is 1. The van der Waals surface area contributed by atoms with Crippen molar-refractivity contribution in [1.29, 1.82) is 0 Å². The molecule has 0 bridgehead atoms. The first-order valence-corrected chi connectivity index (χ1v) is 5.83. The minimum absolute atomic E-state index is 0.156. The summed E-state index contributed by atoms with van der Waals surface area (Å²) >= 11 is 0. The van der Waals surface area contributed by atoms with Gasteiger partial charge < -0.3 is 20.2 Å². The summed E-state index contributed by atoms with van der Waals surface area (Å²) in [6.45, 7) is 5.71. The summed E-state index contributed by atoms with van der Waals surface area (Å²) in [5.74, 6) is 0.208.